The average molecular weight is 221 g/mol. The summed E-state index contributed by atoms with van der Waals surface area (Å²) in [4.78, 5) is 2.32. The van der Waals surface area contributed by atoms with Crippen LogP contribution < -0.4 is 5.32 Å². The highest BCUT2D eigenvalue weighted by molar-refractivity contribution is 5.85. The summed E-state index contributed by atoms with van der Waals surface area (Å²) in [5.41, 5.74) is 0. The Hall–Kier alpha value is 0.210. The normalized spacial score (nSPS) is 19.7. The van der Waals surface area contributed by atoms with E-state index in [1.54, 1.807) is 0 Å². The van der Waals surface area contributed by atoms with E-state index >= 15 is 0 Å². The summed E-state index contributed by atoms with van der Waals surface area (Å²) in [5.74, 6) is 0. The summed E-state index contributed by atoms with van der Waals surface area (Å²) < 4.78 is 0. The second-order valence-corrected chi connectivity index (χ2v) is 4.42. The van der Waals surface area contributed by atoms with Crippen molar-refractivity contribution in [2.45, 2.75) is 51.1 Å². The van der Waals surface area contributed by atoms with Crippen molar-refractivity contribution in [1.82, 2.24) is 10.2 Å². The van der Waals surface area contributed by atoms with Gasteiger partial charge >= 0.3 is 0 Å². The molecule has 0 amide bonds. The Morgan fingerprint density at radius 1 is 1.29 bits per heavy atom. The van der Waals surface area contributed by atoms with Crippen LogP contribution in [0.25, 0.3) is 0 Å². The monoisotopic (exact) mass is 220 g/mol. The molecule has 0 heterocycles. The minimum Gasteiger partial charge on any atom is -0.312 e. The Kier molecular flexibility index (Phi) is 7.61. The molecule has 1 aliphatic carbocycles. The van der Waals surface area contributed by atoms with E-state index in [1.807, 2.05) is 0 Å². The SMILES string of the molecule is CCC(CNC1CCCC1)N(C)C.Cl. The second-order valence-electron chi connectivity index (χ2n) is 4.42. The fourth-order valence-electron chi connectivity index (χ4n) is 2.12. The molecule has 0 aliphatic heterocycles. The van der Waals surface area contributed by atoms with E-state index < -0.39 is 0 Å². The molecular weight excluding hydrogens is 196 g/mol. The molecule has 1 aliphatic rings. The lowest BCUT2D eigenvalue weighted by Crippen LogP contribution is -2.40. The Bertz CT molecular complexity index is 133. The number of hydrogen-bond donors (Lipinski definition) is 1. The van der Waals surface area contributed by atoms with E-state index in [0.717, 1.165) is 12.6 Å². The predicted molar refractivity (Wildman–Crippen MR) is 65.3 cm³/mol. The molecule has 1 rings (SSSR count). The minimum atomic E-state index is 0. The maximum Gasteiger partial charge on any atom is 0.0212 e. The van der Waals surface area contributed by atoms with Crippen LogP contribution in [0, 0.1) is 0 Å². The van der Waals surface area contributed by atoms with Gasteiger partial charge in [0, 0.05) is 18.6 Å². The highest BCUT2D eigenvalue weighted by Crippen LogP contribution is 2.17. The zero-order valence-corrected chi connectivity index (χ0v) is 10.6. The van der Waals surface area contributed by atoms with Crippen LogP contribution in [0.5, 0.6) is 0 Å². The van der Waals surface area contributed by atoms with Crippen molar-refractivity contribution < 1.29 is 0 Å². The molecule has 0 radical (unpaired) electrons. The van der Waals surface area contributed by atoms with Crippen molar-refractivity contribution in [3.63, 3.8) is 0 Å². The lowest BCUT2D eigenvalue weighted by molar-refractivity contribution is 0.268. The first-order chi connectivity index (χ1) is 6.24. The second kappa shape index (κ2) is 7.49. The van der Waals surface area contributed by atoms with Crippen LogP contribution in [0.2, 0.25) is 0 Å². The van der Waals surface area contributed by atoms with Crippen molar-refractivity contribution in [3.05, 3.63) is 0 Å². The smallest absolute Gasteiger partial charge is 0.0212 e. The van der Waals surface area contributed by atoms with Gasteiger partial charge in [-0.25, -0.2) is 0 Å². The fraction of sp³-hybridized carbons (Fsp3) is 1.00. The van der Waals surface area contributed by atoms with Gasteiger partial charge in [0.15, 0.2) is 0 Å². The van der Waals surface area contributed by atoms with Crippen molar-refractivity contribution in [3.8, 4) is 0 Å². The Labute approximate surface area is 94.8 Å². The van der Waals surface area contributed by atoms with E-state index in [-0.39, 0.29) is 12.4 Å². The highest BCUT2D eigenvalue weighted by Gasteiger charge is 2.16. The van der Waals surface area contributed by atoms with Gasteiger partial charge in [0.1, 0.15) is 0 Å². The lowest BCUT2D eigenvalue weighted by atomic mass is 10.2. The summed E-state index contributed by atoms with van der Waals surface area (Å²) in [6, 6.07) is 1.52. The van der Waals surface area contributed by atoms with Crippen molar-refractivity contribution in [2.75, 3.05) is 20.6 Å². The van der Waals surface area contributed by atoms with E-state index in [1.165, 1.54) is 32.1 Å². The number of likely N-dealkylation sites (N-methyl/N-ethyl adjacent to an activating group) is 1. The molecule has 1 saturated carbocycles. The first-order valence-electron chi connectivity index (χ1n) is 5.63. The number of halogens is 1. The molecule has 1 atom stereocenters. The van der Waals surface area contributed by atoms with Gasteiger partial charge in [-0.05, 0) is 33.4 Å². The molecule has 0 aromatic rings. The molecule has 14 heavy (non-hydrogen) atoms. The van der Waals surface area contributed by atoms with Gasteiger partial charge in [-0.15, -0.1) is 12.4 Å². The van der Waals surface area contributed by atoms with Crippen LogP contribution in [-0.2, 0) is 0 Å². The van der Waals surface area contributed by atoms with Crippen LogP contribution in [0.15, 0.2) is 0 Å². The first-order valence-corrected chi connectivity index (χ1v) is 5.63. The summed E-state index contributed by atoms with van der Waals surface area (Å²) >= 11 is 0. The van der Waals surface area contributed by atoms with Crippen LogP contribution in [0.1, 0.15) is 39.0 Å². The van der Waals surface area contributed by atoms with Gasteiger partial charge in [0.05, 0.1) is 0 Å². The largest absolute Gasteiger partial charge is 0.312 e. The minimum absolute atomic E-state index is 0. The fourth-order valence-corrected chi connectivity index (χ4v) is 2.12. The number of nitrogens with one attached hydrogen (secondary N) is 1. The van der Waals surface area contributed by atoms with Gasteiger partial charge in [-0.2, -0.15) is 0 Å². The molecule has 0 aromatic heterocycles. The third-order valence-electron chi connectivity index (χ3n) is 3.20. The van der Waals surface area contributed by atoms with Crippen molar-refractivity contribution >= 4 is 12.4 Å². The quantitative estimate of drug-likeness (QED) is 0.765. The summed E-state index contributed by atoms with van der Waals surface area (Å²) in [5, 5.41) is 3.67. The predicted octanol–water partition coefficient (Wildman–Crippen LogP) is 2.28. The summed E-state index contributed by atoms with van der Waals surface area (Å²) in [6.07, 6.45) is 6.88. The Morgan fingerprint density at radius 2 is 1.86 bits per heavy atom. The van der Waals surface area contributed by atoms with Gasteiger partial charge in [0.2, 0.25) is 0 Å². The maximum atomic E-state index is 3.67. The molecule has 3 heteroatoms. The maximum absolute atomic E-state index is 3.67. The number of hydrogen-bond acceptors (Lipinski definition) is 2. The number of rotatable bonds is 5. The topological polar surface area (TPSA) is 15.3 Å². The molecule has 1 N–H and O–H groups in total. The van der Waals surface area contributed by atoms with E-state index in [0.29, 0.717) is 6.04 Å². The third-order valence-corrected chi connectivity index (χ3v) is 3.20. The molecule has 86 valence electrons. The zero-order chi connectivity index (χ0) is 9.68. The van der Waals surface area contributed by atoms with Crippen LogP contribution in [0.3, 0.4) is 0 Å². The van der Waals surface area contributed by atoms with Gasteiger partial charge in [-0.1, -0.05) is 19.8 Å². The molecule has 0 spiro atoms. The standard InChI is InChI=1S/C11H24N2.ClH/c1-4-11(13(2)3)9-12-10-7-5-6-8-10;/h10-12H,4-9H2,1-3H3;1H. The molecule has 2 nitrogen and oxygen atoms in total. The van der Waals surface area contributed by atoms with Crippen molar-refractivity contribution in [2.24, 2.45) is 0 Å². The molecule has 0 saturated heterocycles. The van der Waals surface area contributed by atoms with Crippen LogP contribution >= 0.6 is 12.4 Å². The lowest BCUT2D eigenvalue weighted by Gasteiger charge is -2.25. The van der Waals surface area contributed by atoms with E-state index in [9.17, 15) is 0 Å². The Balaban J connectivity index is 0.00000169. The summed E-state index contributed by atoms with van der Waals surface area (Å²) in [7, 11) is 4.34. The average Bonchev–Trinajstić information content (AvgIpc) is 2.57. The van der Waals surface area contributed by atoms with Crippen LogP contribution in [0.4, 0.5) is 0 Å². The van der Waals surface area contributed by atoms with Crippen molar-refractivity contribution in [1.29, 1.82) is 0 Å². The third kappa shape index (κ3) is 4.63. The zero-order valence-electron chi connectivity index (χ0n) is 9.75. The van der Waals surface area contributed by atoms with Crippen LogP contribution in [-0.4, -0.2) is 37.6 Å². The molecule has 1 fully saturated rings. The Morgan fingerprint density at radius 3 is 2.29 bits per heavy atom. The molecule has 0 bridgehead atoms. The molecule has 0 aromatic carbocycles. The highest BCUT2D eigenvalue weighted by atomic mass is 35.5. The molecule has 1 unspecified atom stereocenters. The first kappa shape index (κ1) is 14.2. The van der Waals surface area contributed by atoms with E-state index in [2.05, 4.69) is 31.2 Å². The summed E-state index contributed by atoms with van der Waals surface area (Å²) in [6.45, 7) is 3.43. The number of nitrogens with zero attached hydrogens (tertiary/aromatic N) is 1. The van der Waals surface area contributed by atoms with Gasteiger partial charge in [-0.3, -0.25) is 0 Å². The van der Waals surface area contributed by atoms with Gasteiger partial charge in [0.25, 0.3) is 0 Å². The van der Waals surface area contributed by atoms with Gasteiger partial charge < -0.3 is 10.2 Å². The molecular formula is C11H25ClN2. The van der Waals surface area contributed by atoms with E-state index in [4.69, 9.17) is 0 Å².